The lowest BCUT2D eigenvalue weighted by atomic mass is 10.3. The van der Waals surface area contributed by atoms with Crippen LogP contribution in [0.2, 0.25) is 5.15 Å². The van der Waals surface area contributed by atoms with Crippen LogP contribution in [0.15, 0.2) is 6.33 Å². The van der Waals surface area contributed by atoms with E-state index in [1.807, 2.05) is 6.92 Å². The predicted molar refractivity (Wildman–Crippen MR) is 43.8 cm³/mol. The zero-order valence-electron chi connectivity index (χ0n) is 6.67. The first kappa shape index (κ1) is 9.48. The molecule has 0 radical (unpaired) electrons. The number of aliphatic hydroxyl groups excluding tert-OH is 1. The van der Waals surface area contributed by atoms with Crippen LogP contribution in [0, 0.1) is 0 Å². The molecule has 5 heteroatoms. The van der Waals surface area contributed by atoms with Crippen LogP contribution < -0.4 is 0 Å². The molecule has 0 aliphatic carbocycles. The molecular formula is C7H10ClFN2O. The van der Waals surface area contributed by atoms with E-state index in [2.05, 4.69) is 4.98 Å². The topological polar surface area (TPSA) is 38.0 Å². The molecule has 3 nitrogen and oxygen atoms in total. The molecule has 1 heterocycles. The fourth-order valence-corrected chi connectivity index (χ4v) is 1.30. The van der Waals surface area contributed by atoms with Gasteiger partial charge in [-0.3, -0.25) is 0 Å². The molecule has 0 saturated carbocycles. The molecule has 0 bridgehead atoms. The highest BCUT2D eigenvalue weighted by atomic mass is 35.5. The van der Waals surface area contributed by atoms with E-state index in [1.54, 1.807) is 4.57 Å². The molecule has 1 aromatic heterocycles. The van der Waals surface area contributed by atoms with E-state index in [1.165, 1.54) is 6.33 Å². The Balaban J connectivity index is 3.01. The Morgan fingerprint density at radius 1 is 1.83 bits per heavy atom. The standard InChI is InChI=1S/C7H10ClFN2O/c1-2-11-4-10-7(8)6(11)5(12)3-9/h4-5,12H,2-3H2,1H3. The Morgan fingerprint density at radius 2 is 2.50 bits per heavy atom. The van der Waals surface area contributed by atoms with Gasteiger partial charge in [-0.25, -0.2) is 9.37 Å². The first-order chi connectivity index (χ1) is 5.70. The van der Waals surface area contributed by atoms with Gasteiger partial charge in [0, 0.05) is 6.54 Å². The van der Waals surface area contributed by atoms with Gasteiger partial charge in [0.2, 0.25) is 0 Å². The number of hydrogen-bond acceptors (Lipinski definition) is 2. The first-order valence-electron chi connectivity index (χ1n) is 3.65. The second-order valence-corrected chi connectivity index (χ2v) is 2.73. The molecule has 1 aromatic rings. The lowest BCUT2D eigenvalue weighted by Gasteiger charge is -2.08. The van der Waals surface area contributed by atoms with Crippen LogP contribution in [0.3, 0.4) is 0 Å². The lowest BCUT2D eigenvalue weighted by Crippen LogP contribution is -2.07. The second-order valence-electron chi connectivity index (χ2n) is 2.38. The number of nitrogens with zero attached hydrogens (tertiary/aromatic N) is 2. The molecule has 1 rings (SSSR count). The van der Waals surface area contributed by atoms with Gasteiger partial charge >= 0.3 is 0 Å². The van der Waals surface area contributed by atoms with Crippen LogP contribution in [-0.2, 0) is 6.54 Å². The van der Waals surface area contributed by atoms with Crippen molar-refractivity contribution in [3.8, 4) is 0 Å². The molecule has 0 saturated heterocycles. The molecule has 0 amide bonds. The van der Waals surface area contributed by atoms with E-state index in [9.17, 15) is 9.50 Å². The minimum atomic E-state index is -1.17. The average molecular weight is 193 g/mol. The smallest absolute Gasteiger partial charge is 0.153 e. The van der Waals surface area contributed by atoms with Crippen molar-refractivity contribution in [2.45, 2.75) is 19.6 Å². The van der Waals surface area contributed by atoms with Crippen molar-refractivity contribution in [1.82, 2.24) is 9.55 Å². The minimum absolute atomic E-state index is 0.169. The Bertz CT molecular complexity index is 264. The molecule has 12 heavy (non-hydrogen) atoms. The Kier molecular flexibility index (Phi) is 3.05. The Morgan fingerprint density at radius 3 is 3.00 bits per heavy atom. The van der Waals surface area contributed by atoms with Crippen molar-refractivity contribution in [3.05, 3.63) is 17.2 Å². The zero-order valence-corrected chi connectivity index (χ0v) is 7.42. The molecule has 1 atom stereocenters. The quantitative estimate of drug-likeness (QED) is 0.790. The average Bonchev–Trinajstić information content (AvgIpc) is 2.45. The number of rotatable bonds is 3. The summed E-state index contributed by atoms with van der Waals surface area (Å²) in [6, 6.07) is 0. The maximum atomic E-state index is 12.1. The molecule has 0 spiro atoms. The van der Waals surface area contributed by atoms with Crippen molar-refractivity contribution in [1.29, 1.82) is 0 Å². The highest BCUT2D eigenvalue weighted by Crippen LogP contribution is 2.21. The maximum Gasteiger partial charge on any atom is 0.153 e. The van der Waals surface area contributed by atoms with Crippen molar-refractivity contribution in [3.63, 3.8) is 0 Å². The number of halogens is 2. The Hall–Kier alpha value is -0.610. The number of imidazole rings is 1. The van der Waals surface area contributed by atoms with Crippen molar-refractivity contribution < 1.29 is 9.50 Å². The van der Waals surface area contributed by atoms with Gasteiger partial charge in [-0.15, -0.1) is 0 Å². The zero-order chi connectivity index (χ0) is 9.14. The van der Waals surface area contributed by atoms with Gasteiger partial charge in [-0.05, 0) is 6.92 Å². The number of alkyl halides is 1. The monoisotopic (exact) mass is 192 g/mol. The van der Waals surface area contributed by atoms with E-state index in [4.69, 9.17) is 11.6 Å². The minimum Gasteiger partial charge on any atom is -0.384 e. The fraction of sp³-hybridized carbons (Fsp3) is 0.571. The van der Waals surface area contributed by atoms with Crippen LogP contribution >= 0.6 is 11.6 Å². The fourth-order valence-electron chi connectivity index (χ4n) is 1.02. The highest BCUT2D eigenvalue weighted by Gasteiger charge is 2.16. The highest BCUT2D eigenvalue weighted by molar-refractivity contribution is 6.30. The molecule has 0 aliphatic rings. The van der Waals surface area contributed by atoms with E-state index < -0.39 is 12.8 Å². The summed E-state index contributed by atoms with van der Waals surface area (Å²) in [6.07, 6.45) is 0.316. The number of aryl methyl sites for hydroxylation is 1. The number of hydrogen-bond donors (Lipinski definition) is 1. The van der Waals surface area contributed by atoms with Crippen LogP contribution in [0.25, 0.3) is 0 Å². The van der Waals surface area contributed by atoms with Crippen LogP contribution in [0.4, 0.5) is 4.39 Å². The first-order valence-corrected chi connectivity index (χ1v) is 4.03. The largest absolute Gasteiger partial charge is 0.384 e. The Labute approximate surface area is 74.8 Å². The molecule has 0 aromatic carbocycles. The lowest BCUT2D eigenvalue weighted by molar-refractivity contribution is 0.134. The van der Waals surface area contributed by atoms with E-state index in [0.717, 1.165) is 0 Å². The van der Waals surface area contributed by atoms with Gasteiger partial charge in [0.25, 0.3) is 0 Å². The summed E-state index contributed by atoms with van der Waals surface area (Å²) in [7, 11) is 0. The molecule has 0 aliphatic heterocycles. The van der Waals surface area contributed by atoms with Gasteiger partial charge in [-0.2, -0.15) is 0 Å². The number of aromatic nitrogens is 2. The molecule has 1 unspecified atom stereocenters. The van der Waals surface area contributed by atoms with Gasteiger partial charge in [0.15, 0.2) is 5.15 Å². The summed E-state index contributed by atoms with van der Waals surface area (Å²) in [4.78, 5) is 3.76. The summed E-state index contributed by atoms with van der Waals surface area (Å²) < 4.78 is 13.7. The predicted octanol–water partition coefficient (Wildman–Crippen LogP) is 1.56. The van der Waals surface area contributed by atoms with E-state index in [0.29, 0.717) is 12.2 Å². The second kappa shape index (κ2) is 3.87. The third-order valence-corrected chi connectivity index (χ3v) is 1.92. The van der Waals surface area contributed by atoms with Gasteiger partial charge < -0.3 is 9.67 Å². The van der Waals surface area contributed by atoms with Crippen LogP contribution in [0.5, 0.6) is 0 Å². The summed E-state index contributed by atoms with van der Waals surface area (Å²) in [5.74, 6) is 0. The summed E-state index contributed by atoms with van der Waals surface area (Å²) in [5.41, 5.74) is 0.349. The van der Waals surface area contributed by atoms with Crippen LogP contribution in [0.1, 0.15) is 18.7 Å². The molecule has 0 fully saturated rings. The summed E-state index contributed by atoms with van der Waals surface area (Å²) >= 11 is 5.64. The van der Waals surface area contributed by atoms with Crippen molar-refractivity contribution in [2.24, 2.45) is 0 Å². The maximum absolute atomic E-state index is 12.1. The van der Waals surface area contributed by atoms with Gasteiger partial charge in [0.1, 0.15) is 12.8 Å². The molecular weight excluding hydrogens is 183 g/mol. The molecule has 1 N–H and O–H groups in total. The normalized spacial score (nSPS) is 13.3. The van der Waals surface area contributed by atoms with Crippen molar-refractivity contribution >= 4 is 11.6 Å². The van der Waals surface area contributed by atoms with Gasteiger partial charge in [0.05, 0.1) is 12.0 Å². The summed E-state index contributed by atoms with van der Waals surface area (Å²) in [5, 5.41) is 9.36. The third-order valence-electron chi connectivity index (χ3n) is 1.63. The van der Waals surface area contributed by atoms with Crippen molar-refractivity contribution in [2.75, 3.05) is 6.67 Å². The SMILES string of the molecule is CCn1cnc(Cl)c1C(O)CF. The third kappa shape index (κ3) is 1.59. The van der Waals surface area contributed by atoms with Crippen LogP contribution in [-0.4, -0.2) is 21.3 Å². The summed E-state index contributed by atoms with van der Waals surface area (Å²) in [6.45, 7) is 1.64. The molecule has 68 valence electrons. The number of aliphatic hydroxyl groups is 1. The van der Waals surface area contributed by atoms with E-state index >= 15 is 0 Å². The van der Waals surface area contributed by atoms with E-state index in [-0.39, 0.29) is 5.15 Å². The van der Waals surface area contributed by atoms with Gasteiger partial charge in [-0.1, -0.05) is 11.6 Å².